The van der Waals surface area contributed by atoms with Gasteiger partial charge in [0.2, 0.25) is 5.91 Å². The molecule has 0 unspecified atom stereocenters. The number of hydrogen-bond donors (Lipinski definition) is 2. The Morgan fingerprint density at radius 2 is 1.63 bits per heavy atom. The van der Waals surface area contributed by atoms with Crippen LogP contribution in [0, 0.1) is 6.92 Å². The summed E-state index contributed by atoms with van der Waals surface area (Å²) in [6, 6.07) is 18.7. The molecule has 0 radical (unpaired) electrons. The Hall–Kier alpha value is -3.72. The van der Waals surface area contributed by atoms with E-state index in [2.05, 4.69) is 10.0 Å². The van der Waals surface area contributed by atoms with Crippen LogP contribution in [0.15, 0.2) is 71.6 Å². The zero-order valence-electron chi connectivity index (χ0n) is 20.0. The summed E-state index contributed by atoms with van der Waals surface area (Å²) >= 11 is 0. The van der Waals surface area contributed by atoms with Gasteiger partial charge in [-0.05, 0) is 74.4 Å². The molecule has 0 saturated carbocycles. The van der Waals surface area contributed by atoms with Crippen molar-refractivity contribution < 1.29 is 27.4 Å². The number of nitrogens with one attached hydrogen (secondary N) is 2. The Kier molecular flexibility index (Phi) is 8.97. The average molecular weight is 499 g/mol. The average Bonchev–Trinajstić information content (AvgIpc) is 2.84. The summed E-state index contributed by atoms with van der Waals surface area (Å²) in [6.45, 7) is 4.74. The van der Waals surface area contributed by atoms with Crippen LogP contribution in [0.25, 0.3) is 0 Å². The van der Waals surface area contributed by atoms with Crippen molar-refractivity contribution >= 4 is 27.3 Å². The van der Waals surface area contributed by atoms with Crippen LogP contribution in [0.5, 0.6) is 17.2 Å². The van der Waals surface area contributed by atoms with Gasteiger partial charge in [-0.1, -0.05) is 18.2 Å². The van der Waals surface area contributed by atoms with Gasteiger partial charge in [0.1, 0.15) is 22.1 Å². The molecule has 3 rings (SSSR count). The van der Waals surface area contributed by atoms with Crippen LogP contribution in [-0.2, 0) is 14.8 Å². The van der Waals surface area contributed by atoms with Gasteiger partial charge in [-0.2, -0.15) is 0 Å². The number of carbonyl (C=O) groups excluding carboxylic acids is 1. The van der Waals surface area contributed by atoms with E-state index in [0.29, 0.717) is 36.8 Å². The fourth-order valence-corrected chi connectivity index (χ4v) is 4.57. The van der Waals surface area contributed by atoms with Gasteiger partial charge < -0.3 is 19.5 Å². The highest BCUT2D eigenvalue weighted by atomic mass is 32.2. The SMILES string of the molecule is CCOc1ccc(NS(=O)(=O)c2cc(NC(=O)CCCOc3ccccc3C)ccc2OC)cc1. The van der Waals surface area contributed by atoms with E-state index >= 15 is 0 Å². The molecule has 9 heteroatoms. The summed E-state index contributed by atoms with van der Waals surface area (Å²) in [7, 11) is -2.60. The van der Waals surface area contributed by atoms with E-state index in [1.807, 2.05) is 38.1 Å². The molecule has 8 nitrogen and oxygen atoms in total. The van der Waals surface area contributed by atoms with Crippen molar-refractivity contribution in [2.75, 3.05) is 30.4 Å². The molecule has 0 bridgehead atoms. The Bertz CT molecular complexity index is 1240. The van der Waals surface area contributed by atoms with Gasteiger partial charge >= 0.3 is 0 Å². The number of ether oxygens (including phenoxy) is 3. The lowest BCUT2D eigenvalue weighted by atomic mass is 10.2. The van der Waals surface area contributed by atoms with Crippen molar-refractivity contribution in [1.29, 1.82) is 0 Å². The first-order valence-electron chi connectivity index (χ1n) is 11.2. The molecule has 0 aliphatic carbocycles. The minimum atomic E-state index is -3.98. The van der Waals surface area contributed by atoms with Crippen LogP contribution in [0.2, 0.25) is 0 Å². The van der Waals surface area contributed by atoms with Crippen molar-refractivity contribution in [3.8, 4) is 17.2 Å². The minimum absolute atomic E-state index is 0.0884. The standard InChI is InChI=1S/C26H30N2O6S/c1-4-33-22-14-11-20(12-15-22)28-35(30,31)25-18-21(13-16-24(25)32-3)27-26(29)10-7-17-34-23-9-6-5-8-19(23)2/h5-6,8-9,11-16,18,28H,4,7,10,17H2,1-3H3,(H,27,29). The molecule has 0 heterocycles. The van der Waals surface area contributed by atoms with Crippen LogP contribution < -0.4 is 24.2 Å². The molecule has 35 heavy (non-hydrogen) atoms. The fraction of sp³-hybridized carbons (Fsp3) is 0.269. The van der Waals surface area contributed by atoms with Crippen LogP contribution >= 0.6 is 0 Å². The number of amides is 1. The Morgan fingerprint density at radius 1 is 0.914 bits per heavy atom. The van der Waals surface area contributed by atoms with Gasteiger partial charge in [0.15, 0.2) is 0 Å². The lowest BCUT2D eigenvalue weighted by Gasteiger charge is -2.14. The molecule has 186 valence electrons. The first-order valence-corrected chi connectivity index (χ1v) is 12.7. The first-order chi connectivity index (χ1) is 16.8. The minimum Gasteiger partial charge on any atom is -0.495 e. The molecule has 0 aromatic heterocycles. The molecular formula is C26H30N2O6S. The molecule has 2 N–H and O–H groups in total. The molecule has 3 aromatic carbocycles. The Labute approximate surface area is 206 Å². The topological polar surface area (TPSA) is 103 Å². The van der Waals surface area contributed by atoms with Crippen LogP contribution in [0.3, 0.4) is 0 Å². The van der Waals surface area contributed by atoms with Crippen molar-refractivity contribution in [2.24, 2.45) is 0 Å². The normalized spacial score (nSPS) is 10.9. The van der Waals surface area contributed by atoms with Gasteiger partial charge in [-0.25, -0.2) is 8.42 Å². The van der Waals surface area contributed by atoms with E-state index in [1.165, 1.54) is 19.2 Å². The summed E-state index contributed by atoms with van der Waals surface area (Å²) in [5.74, 6) is 1.35. The summed E-state index contributed by atoms with van der Waals surface area (Å²) in [5, 5.41) is 2.74. The lowest BCUT2D eigenvalue weighted by Crippen LogP contribution is -2.16. The Balaban J connectivity index is 1.62. The van der Waals surface area contributed by atoms with E-state index in [0.717, 1.165) is 11.3 Å². The second kappa shape index (κ2) is 12.1. The molecule has 1 amide bonds. The number of aryl methyl sites for hydroxylation is 1. The largest absolute Gasteiger partial charge is 0.495 e. The number of sulfonamides is 1. The van der Waals surface area contributed by atoms with Gasteiger partial charge in [0.05, 0.1) is 20.3 Å². The molecule has 0 spiro atoms. The Morgan fingerprint density at radius 3 is 2.31 bits per heavy atom. The van der Waals surface area contributed by atoms with Gasteiger partial charge in [0, 0.05) is 17.8 Å². The predicted molar refractivity (Wildman–Crippen MR) is 136 cm³/mol. The molecule has 0 aliphatic rings. The molecule has 0 aliphatic heterocycles. The molecule has 0 saturated heterocycles. The second-order valence-electron chi connectivity index (χ2n) is 7.69. The number of methoxy groups -OCH3 is 1. The maximum atomic E-state index is 13.1. The third kappa shape index (κ3) is 7.38. The molecule has 0 atom stereocenters. The lowest BCUT2D eigenvalue weighted by molar-refractivity contribution is -0.116. The highest BCUT2D eigenvalue weighted by Gasteiger charge is 2.21. The second-order valence-corrected chi connectivity index (χ2v) is 9.35. The summed E-state index contributed by atoms with van der Waals surface area (Å²) < 4.78 is 45.0. The summed E-state index contributed by atoms with van der Waals surface area (Å²) in [5.41, 5.74) is 1.75. The van der Waals surface area contributed by atoms with Crippen molar-refractivity contribution in [3.63, 3.8) is 0 Å². The van der Waals surface area contributed by atoms with Crippen LogP contribution in [0.1, 0.15) is 25.3 Å². The predicted octanol–water partition coefficient (Wildman–Crippen LogP) is 5.00. The zero-order chi connectivity index (χ0) is 25.3. The number of anilines is 2. The van der Waals surface area contributed by atoms with E-state index < -0.39 is 10.0 Å². The quantitative estimate of drug-likeness (QED) is 0.341. The molecule has 0 fully saturated rings. The third-order valence-electron chi connectivity index (χ3n) is 5.05. The van der Waals surface area contributed by atoms with Gasteiger partial charge in [-0.3, -0.25) is 9.52 Å². The molecular weight excluding hydrogens is 468 g/mol. The number of benzene rings is 3. The third-order valence-corrected chi connectivity index (χ3v) is 6.46. The number of hydrogen-bond acceptors (Lipinski definition) is 6. The number of carbonyl (C=O) groups is 1. The number of para-hydroxylation sites is 1. The van der Waals surface area contributed by atoms with E-state index in [1.54, 1.807) is 30.3 Å². The van der Waals surface area contributed by atoms with Crippen molar-refractivity contribution in [1.82, 2.24) is 0 Å². The maximum absolute atomic E-state index is 13.1. The van der Waals surface area contributed by atoms with Crippen LogP contribution in [0.4, 0.5) is 11.4 Å². The first kappa shape index (κ1) is 25.9. The zero-order valence-corrected chi connectivity index (χ0v) is 20.9. The van der Waals surface area contributed by atoms with E-state index in [9.17, 15) is 13.2 Å². The molecule has 3 aromatic rings. The van der Waals surface area contributed by atoms with Crippen molar-refractivity contribution in [3.05, 3.63) is 72.3 Å². The smallest absolute Gasteiger partial charge is 0.265 e. The van der Waals surface area contributed by atoms with Crippen molar-refractivity contribution in [2.45, 2.75) is 31.6 Å². The van der Waals surface area contributed by atoms with E-state index in [4.69, 9.17) is 14.2 Å². The maximum Gasteiger partial charge on any atom is 0.265 e. The fourth-order valence-electron chi connectivity index (χ4n) is 3.32. The van der Waals surface area contributed by atoms with Gasteiger partial charge in [-0.15, -0.1) is 0 Å². The van der Waals surface area contributed by atoms with Gasteiger partial charge in [0.25, 0.3) is 10.0 Å². The van der Waals surface area contributed by atoms with E-state index in [-0.39, 0.29) is 23.0 Å². The number of rotatable bonds is 12. The highest BCUT2D eigenvalue weighted by molar-refractivity contribution is 7.92. The monoisotopic (exact) mass is 498 g/mol. The highest BCUT2D eigenvalue weighted by Crippen LogP contribution is 2.29. The van der Waals surface area contributed by atoms with Crippen LogP contribution in [-0.4, -0.2) is 34.6 Å². The summed E-state index contributed by atoms with van der Waals surface area (Å²) in [4.78, 5) is 12.3. The summed E-state index contributed by atoms with van der Waals surface area (Å²) in [6.07, 6.45) is 0.741.